The zero-order chi connectivity index (χ0) is 93.9. The van der Waals surface area contributed by atoms with Crippen molar-refractivity contribution in [3.05, 3.63) is 12.2 Å². The summed E-state index contributed by atoms with van der Waals surface area (Å²) in [7, 11) is -8.91. The van der Waals surface area contributed by atoms with E-state index in [1.165, 1.54) is 161 Å². The fraction of sp³-hybridized carbons (Fsp3) is 0.971. The van der Waals surface area contributed by atoms with Crippen molar-refractivity contribution in [1.29, 1.82) is 0 Å². The summed E-state index contributed by atoms with van der Waals surface area (Å²) < 4.78 is 74.3. The van der Waals surface area contributed by atoms with Crippen LogP contribution in [0.15, 0.2) is 12.2 Å². The van der Waals surface area contributed by atoms with Crippen molar-refractivity contribution in [2.45, 2.75) is 402 Å². The van der Waals surface area contributed by atoms with E-state index in [0.717, 1.165) is 169 Å². The molecule has 12 aliphatic rings. The van der Waals surface area contributed by atoms with Gasteiger partial charge in [0.05, 0.1) is 30.5 Å². The summed E-state index contributed by atoms with van der Waals surface area (Å²) in [5.41, 5.74) is 19.2. The predicted octanol–water partition coefficient (Wildman–Crippen LogP) is 16.9. The second-order valence-corrected chi connectivity index (χ2v) is 49.8. The van der Waals surface area contributed by atoms with Crippen molar-refractivity contribution in [2.24, 2.45) is 168 Å². The number of allylic oxidation sites excluding steroid dienone is 1. The van der Waals surface area contributed by atoms with Gasteiger partial charge in [-0.3, -0.25) is 13.9 Å². The van der Waals surface area contributed by atoms with Crippen LogP contribution in [-0.2, 0) is 34.0 Å². The topological polar surface area (TPSA) is 367 Å². The van der Waals surface area contributed by atoms with Crippen molar-refractivity contribution < 1.29 is 54.4 Å². The molecule has 0 heterocycles. The van der Waals surface area contributed by atoms with Gasteiger partial charge < -0.3 is 69.7 Å². The molecule has 0 radical (unpaired) electrons. The van der Waals surface area contributed by atoms with E-state index in [0.29, 0.717) is 171 Å². The number of rotatable bonds is 50. The lowest BCUT2D eigenvalue weighted by Gasteiger charge is -2.62. The fourth-order valence-electron chi connectivity index (χ4n) is 32.1. The summed E-state index contributed by atoms with van der Waals surface area (Å²) in [4.78, 5) is 12.2. The number of aliphatic hydroxyl groups excluding tert-OH is 3. The Morgan fingerprint density at radius 1 is 0.364 bits per heavy atom. The number of unbranched alkanes of at least 4 members (excludes halogenated alkanes) is 3. The largest absolute Gasteiger partial charge is 0.397 e. The molecule has 12 rings (SSSR count). The number of aliphatic hydroxyl groups is 3. The molecule has 12 fully saturated rings. The lowest BCUT2D eigenvalue weighted by atomic mass is 9.43. The minimum atomic E-state index is -4.46. The Kier molecular flexibility index (Phi) is 42.6. The van der Waals surface area contributed by atoms with E-state index < -0.39 is 33.0 Å². The van der Waals surface area contributed by atoms with E-state index >= 15 is 0 Å². The zero-order valence-corrected chi connectivity index (χ0v) is 85.8. The molecule has 0 spiro atoms. The average Bonchev–Trinajstić information content (AvgIpc) is 1.71. The Morgan fingerprint density at radius 2 is 0.636 bits per heavy atom. The van der Waals surface area contributed by atoms with Crippen LogP contribution in [0.1, 0.15) is 354 Å². The molecular formula is C105H198N10O12S2. The molecule has 12 saturated carbocycles. The Hall–Kier alpha value is -1.37. The molecule has 32 atom stereocenters. The number of hydrogen-bond acceptors (Lipinski definition) is 20. The Labute approximate surface area is 787 Å². The van der Waals surface area contributed by atoms with E-state index in [1.807, 2.05) is 34.6 Å². The first-order valence-corrected chi connectivity index (χ1v) is 56.6. The molecular weight excluding hydrogens is 1660 g/mol. The van der Waals surface area contributed by atoms with Crippen LogP contribution in [0.5, 0.6) is 0 Å². The maximum absolute atomic E-state index is 12.2. The van der Waals surface area contributed by atoms with Crippen molar-refractivity contribution >= 4 is 26.6 Å². The van der Waals surface area contributed by atoms with Crippen LogP contribution in [0.3, 0.4) is 0 Å². The Morgan fingerprint density at radius 3 is 0.922 bits per heavy atom. The van der Waals surface area contributed by atoms with Crippen molar-refractivity contribution in [3.63, 3.8) is 0 Å². The highest BCUT2D eigenvalue weighted by atomic mass is 32.3. The van der Waals surface area contributed by atoms with Crippen molar-refractivity contribution in [1.82, 2.24) is 37.2 Å². The molecule has 752 valence electrons. The number of hydrogen-bond donors (Lipinski definition) is 15. The van der Waals surface area contributed by atoms with Crippen LogP contribution >= 0.6 is 0 Å². The third kappa shape index (κ3) is 28.1. The van der Waals surface area contributed by atoms with E-state index in [2.05, 4.69) is 106 Å². The number of ketones is 1. The SMILES string of the molecule is C=C(C)C(=O)CCC(C)[C@H]1CCC2C3C(CC[C@@]21C)[C@@]1(C)CC[C@H](NCCCNCCCCN)C[C@@H]1C[C@H]3O.CC(CC[C@@H](OS(=O)(=O)O)C(C)C)[C@H]1CCC2C3C(CC[C@@]21C)[C@@]1(C)CC[C@H](NCCCNCCCCN)C[C@@H]1C[C@H]3O.CC(CC[C@@H](OS(=O)(=O)O)C(C)C)[C@H]1CCC2C3C(CC[C@@]21C)[C@@]1(C)CC[C@H](NCCCNCCCCNCCCN)C[C@@H]1C[C@H]3O. The van der Waals surface area contributed by atoms with Gasteiger partial charge in [-0.15, -0.1) is 0 Å². The summed E-state index contributed by atoms with van der Waals surface area (Å²) in [6, 6.07) is 1.75. The number of nitrogens with two attached hydrogens (primary N) is 3. The van der Waals surface area contributed by atoms with Gasteiger partial charge in [0.2, 0.25) is 0 Å². The molecule has 12 aliphatic carbocycles. The van der Waals surface area contributed by atoms with Crippen LogP contribution in [-0.4, -0.2) is 187 Å². The summed E-state index contributed by atoms with van der Waals surface area (Å²) in [5.74, 6) is 10.3. The van der Waals surface area contributed by atoms with Gasteiger partial charge in [-0.2, -0.15) is 16.8 Å². The highest BCUT2D eigenvalue weighted by Crippen LogP contribution is 2.72. The van der Waals surface area contributed by atoms with Crippen LogP contribution in [0.25, 0.3) is 0 Å². The molecule has 0 aromatic heterocycles. The lowest BCUT2D eigenvalue weighted by Crippen LogP contribution is -2.59. The van der Waals surface area contributed by atoms with Crippen molar-refractivity contribution in [2.75, 3.05) is 91.6 Å². The van der Waals surface area contributed by atoms with Crippen molar-refractivity contribution in [3.8, 4) is 0 Å². The normalized spacial score (nSPS) is 38.7. The van der Waals surface area contributed by atoms with Gasteiger partial charge in [-0.25, -0.2) is 8.37 Å². The fourth-order valence-corrected chi connectivity index (χ4v) is 33.3. The van der Waals surface area contributed by atoms with E-state index in [1.54, 1.807) is 0 Å². The molecule has 0 aromatic rings. The Balaban J connectivity index is 0.000000202. The molecule has 0 aromatic carbocycles. The monoisotopic (exact) mass is 1860 g/mol. The average molecular weight is 1860 g/mol. The second-order valence-electron chi connectivity index (χ2n) is 47.7. The Bertz CT molecular complexity index is 3570. The molecule has 22 nitrogen and oxygen atoms in total. The molecule has 129 heavy (non-hydrogen) atoms. The summed E-state index contributed by atoms with van der Waals surface area (Å²) in [5, 5.41) is 61.1. The van der Waals surface area contributed by atoms with Crippen LogP contribution in [0.4, 0.5) is 0 Å². The highest BCUT2D eigenvalue weighted by molar-refractivity contribution is 7.81. The highest BCUT2D eigenvalue weighted by Gasteiger charge is 2.67. The van der Waals surface area contributed by atoms with Gasteiger partial charge >= 0.3 is 20.8 Å². The quantitative estimate of drug-likeness (QED) is 0.0153. The molecule has 0 aliphatic heterocycles. The second kappa shape index (κ2) is 50.2. The number of carbonyl (C=O) groups is 1. The number of Topliss-reactive ketones (excluding diaryl/α,β-unsaturated/α-hetero) is 1. The van der Waals surface area contributed by atoms with Crippen LogP contribution < -0.4 is 54.4 Å². The molecule has 0 saturated heterocycles. The molecule has 24 heteroatoms. The number of nitrogens with one attached hydrogen (secondary N) is 7. The van der Waals surface area contributed by atoms with Gasteiger partial charge in [-0.05, 0) is 505 Å². The maximum atomic E-state index is 12.2. The first-order chi connectivity index (χ1) is 61.2. The third-order valence-corrected chi connectivity index (χ3v) is 40.4. The molecule has 18 N–H and O–H groups in total. The van der Waals surface area contributed by atoms with Crippen LogP contribution in [0.2, 0.25) is 0 Å². The summed E-state index contributed by atoms with van der Waals surface area (Å²) in [6.45, 7) is 49.9. The van der Waals surface area contributed by atoms with Gasteiger partial charge in [0.1, 0.15) is 0 Å². The number of carbonyl (C=O) groups excluding carboxylic acids is 1. The standard InChI is InChI=1S/C37H72N4O5S.C34H65N3O5S.C34H61N3O2/c1-26(2)34(46-47(43,44)45)13-10-27(3)30-11-12-31-35-32(15-17-37(30,31)5)36(4)16-14-29(24-28(36)25-33(35)42)41-23-9-22-40-20-7-6-19-39-21-8-18-38;1-23(2)31(42-43(39,40)41)12-9-24(3)27-10-11-28-32-29(14-16-34(27,28)5)33(4)15-13-26(21-25(33)22-30(32)38)37-20-8-19-36-18-7-6-17-35;1-23(2)30(38)12-9-24(3)27-10-11-28-32-29(14-16-34(27,28)5)33(4)15-13-26(21-25(33)22-31(32)39)37-20-8-19-36-18-7-6-17-35/h26-35,39-42H,6-25,38H2,1-5H3,(H,43,44,45);23-32,36-38H,6-22,35H2,1-5H3,(H,39,40,41);24-29,31-32,36-37,39H,1,6-22,35H2,2-5H3/t27?,28-,29+,30-,31?,32?,33-,34-,35?,36+,37-;24?,25-,26+,27-,28?,29?,30-,31-,32?,33+,34-;24?,25-,26+,27-,28?,29?,31-,32?,33+,34-/m111/s1. The maximum Gasteiger partial charge on any atom is 0.397 e. The lowest BCUT2D eigenvalue weighted by molar-refractivity contribution is -0.167. The minimum absolute atomic E-state index is 0.0137. The summed E-state index contributed by atoms with van der Waals surface area (Å²) >= 11 is 0. The molecule has 12 unspecified atom stereocenters. The zero-order valence-electron chi connectivity index (χ0n) is 84.2. The van der Waals surface area contributed by atoms with E-state index in [-0.39, 0.29) is 46.8 Å². The third-order valence-electron chi connectivity index (χ3n) is 39.4. The first-order valence-electron chi connectivity index (χ1n) is 53.9. The summed E-state index contributed by atoms with van der Waals surface area (Å²) in [6.07, 6.45) is 43.6. The first kappa shape index (κ1) is 110. The van der Waals surface area contributed by atoms with Gasteiger partial charge in [0.25, 0.3) is 0 Å². The molecule has 0 bridgehead atoms. The minimum Gasteiger partial charge on any atom is -0.393 e. The van der Waals surface area contributed by atoms with E-state index in [9.17, 15) is 46.1 Å². The smallest absolute Gasteiger partial charge is 0.393 e. The van der Waals surface area contributed by atoms with Gasteiger partial charge in [-0.1, -0.05) is 96.6 Å². The number of fused-ring (bicyclic) bond motifs is 15. The predicted molar refractivity (Wildman–Crippen MR) is 528 cm³/mol. The molecule has 0 amide bonds. The van der Waals surface area contributed by atoms with E-state index in [4.69, 9.17) is 25.6 Å². The van der Waals surface area contributed by atoms with Crippen LogP contribution in [0, 0.1) is 151 Å². The van der Waals surface area contributed by atoms with Gasteiger partial charge in [0, 0.05) is 24.5 Å². The van der Waals surface area contributed by atoms with Gasteiger partial charge in [0.15, 0.2) is 5.78 Å².